The van der Waals surface area contributed by atoms with E-state index in [9.17, 15) is 9.00 Å². The van der Waals surface area contributed by atoms with Gasteiger partial charge in [0.2, 0.25) is 0 Å². The molecule has 0 aliphatic heterocycles. The van der Waals surface area contributed by atoms with E-state index in [4.69, 9.17) is 16.3 Å². The van der Waals surface area contributed by atoms with Crippen LogP contribution >= 0.6 is 11.6 Å². The van der Waals surface area contributed by atoms with Crippen LogP contribution < -0.4 is 10.1 Å². The number of rotatable bonds is 8. The molecule has 2 aromatic heterocycles. The number of allylic oxidation sites excluding steroid dienone is 4. The Morgan fingerprint density at radius 2 is 1.75 bits per heavy atom. The molecule has 40 heavy (non-hydrogen) atoms. The lowest BCUT2D eigenvalue weighted by atomic mass is 10.1. The van der Waals surface area contributed by atoms with Gasteiger partial charge in [0.15, 0.2) is 0 Å². The summed E-state index contributed by atoms with van der Waals surface area (Å²) in [4.78, 5) is 18.3. The quantitative estimate of drug-likeness (QED) is 0.213. The van der Waals surface area contributed by atoms with Crippen LogP contribution in [0.2, 0.25) is 5.02 Å². The SMILES string of the molecule is C=C(/C=C\C(=C/C)NC(=O)c1ccc(S(C)=O)cc1Oc1ccc(Cl)cc1)c1cn2ccccc2n1.CC.CC. The predicted octanol–water partition coefficient (Wildman–Crippen LogP) is 8.47. The van der Waals surface area contributed by atoms with E-state index in [-0.39, 0.29) is 11.7 Å². The molecule has 8 heteroatoms. The lowest BCUT2D eigenvalue weighted by Crippen LogP contribution is -2.22. The summed E-state index contributed by atoms with van der Waals surface area (Å²) < 4.78 is 19.9. The summed E-state index contributed by atoms with van der Waals surface area (Å²) in [6, 6.07) is 17.4. The van der Waals surface area contributed by atoms with Crippen molar-refractivity contribution in [1.29, 1.82) is 0 Å². The van der Waals surface area contributed by atoms with Crippen LogP contribution in [0.15, 0.2) is 108 Å². The van der Waals surface area contributed by atoms with Crippen molar-refractivity contribution < 1.29 is 13.7 Å². The van der Waals surface area contributed by atoms with E-state index >= 15 is 0 Å². The summed E-state index contributed by atoms with van der Waals surface area (Å²) in [6.45, 7) is 13.9. The monoisotopic (exact) mass is 577 g/mol. The summed E-state index contributed by atoms with van der Waals surface area (Å²) in [5, 5.41) is 3.46. The molecule has 1 unspecified atom stereocenters. The minimum absolute atomic E-state index is 0.288. The number of hydrogen-bond acceptors (Lipinski definition) is 4. The average Bonchev–Trinajstić information content (AvgIpc) is 3.43. The number of pyridine rings is 1. The fraction of sp³-hybridized carbons (Fsp3) is 0.188. The van der Waals surface area contributed by atoms with E-state index in [0.29, 0.717) is 32.5 Å². The molecule has 0 saturated heterocycles. The zero-order valence-electron chi connectivity index (χ0n) is 23.8. The third-order valence-corrected chi connectivity index (χ3v) is 6.47. The van der Waals surface area contributed by atoms with Crippen LogP contribution in [0, 0.1) is 0 Å². The summed E-state index contributed by atoms with van der Waals surface area (Å²) in [5.74, 6) is 0.418. The van der Waals surface area contributed by atoms with E-state index in [2.05, 4.69) is 16.9 Å². The number of ether oxygens (including phenoxy) is 1. The van der Waals surface area contributed by atoms with Gasteiger partial charge in [0.05, 0.1) is 11.3 Å². The first-order chi connectivity index (χ1) is 19.3. The molecule has 0 aliphatic carbocycles. The molecule has 1 amide bonds. The first kappa shape index (κ1) is 32.3. The van der Waals surface area contributed by atoms with Gasteiger partial charge in [0.25, 0.3) is 5.91 Å². The van der Waals surface area contributed by atoms with Crippen molar-refractivity contribution in [3.8, 4) is 11.5 Å². The van der Waals surface area contributed by atoms with Crippen LogP contribution in [0.25, 0.3) is 11.2 Å². The smallest absolute Gasteiger partial charge is 0.259 e. The van der Waals surface area contributed by atoms with Gasteiger partial charge < -0.3 is 14.5 Å². The Labute approximate surface area is 244 Å². The van der Waals surface area contributed by atoms with Crippen molar-refractivity contribution >= 4 is 39.5 Å². The molecule has 2 heterocycles. The van der Waals surface area contributed by atoms with Gasteiger partial charge in [-0.1, -0.05) is 64.1 Å². The number of aromatic nitrogens is 2. The lowest BCUT2D eigenvalue weighted by molar-refractivity contribution is 0.0964. The molecule has 1 N–H and O–H groups in total. The second-order valence-electron chi connectivity index (χ2n) is 7.82. The number of hydrogen-bond donors (Lipinski definition) is 1. The van der Waals surface area contributed by atoms with E-state index in [1.165, 1.54) is 0 Å². The van der Waals surface area contributed by atoms with Crippen molar-refractivity contribution in [1.82, 2.24) is 14.7 Å². The van der Waals surface area contributed by atoms with Gasteiger partial charge in [0.1, 0.15) is 17.1 Å². The maximum absolute atomic E-state index is 13.2. The van der Waals surface area contributed by atoms with Gasteiger partial charge >= 0.3 is 0 Å². The Hall–Kier alpha value is -3.94. The number of fused-ring (bicyclic) bond motifs is 1. The third-order valence-electron chi connectivity index (χ3n) is 5.30. The molecular formula is C32H36ClN3O3S. The zero-order chi connectivity index (χ0) is 29.7. The van der Waals surface area contributed by atoms with Crippen LogP contribution in [-0.4, -0.2) is 25.8 Å². The Balaban J connectivity index is 0.00000134. The van der Waals surface area contributed by atoms with E-state index in [0.717, 1.165) is 11.3 Å². The summed E-state index contributed by atoms with van der Waals surface area (Å²) in [6.07, 6.45) is 10.7. The number of amides is 1. The lowest BCUT2D eigenvalue weighted by Gasteiger charge is -2.13. The minimum Gasteiger partial charge on any atom is -0.456 e. The van der Waals surface area contributed by atoms with Crippen LogP contribution in [-0.2, 0) is 10.8 Å². The standard InChI is InChI=1S/C28H24ClN3O3S.2C2H6/c1-4-21(11-8-19(2)25-18-32-16-6-5-7-27(32)31-25)30-28(33)24-15-14-23(36(3)34)17-26(24)35-22-12-9-20(29)10-13-22;2*1-2/h4-18H,2H2,1,3H3,(H,30,33);2*1-2H3/b11-8-,21-4+;;. The highest BCUT2D eigenvalue weighted by molar-refractivity contribution is 7.84. The molecule has 2 aromatic carbocycles. The third kappa shape index (κ3) is 8.79. The van der Waals surface area contributed by atoms with Gasteiger partial charge in [0, 0.05) is 45.1 Å². The number of nitrogens with one attached hydrogen (secondary N) is 1. The highest BCUT2D eigenvalue weighted by Gasteiger charge is 2.16. The summed E-state index contributed by atoms with van der Waals surface area (Å²) >= 11 is 5.96. The van der Waals surface area contributed by atoms with Crippen LogP contribution in [0.4, 0.5) is 0 Å². The van der Waals surface area contributed by atoms with Crippen LogP contribution in [0.1, 0.15) is 50.7 Å². The first-order valence-corrected chi connectivity index (χ1v) is 15.0. The van der Waals surface area contributed by atoms with Crippen LogP contribution in [0.3, 0.4) is 0 Å². The number of carbonyl (C=O) groups is 1. The fourth-order valence-electron chi connectivity index (χ4n) is 3.36. The molecule has 0 aliphatic rings. The highest BCUT2D eigenvalue weighted by Crippen LogP contribution is 2.29. The van der Waals surface area contributed by atoms with Crippen molar-refractivity contribution in [2.24, 2.45) is 0 Å². The van der Waals surface area contributed by atoms with Gasteiger partial charge in [-0.15, -0.1) is 0 Å². The zero-order valence-corrected chi connectivity index (χ0v) is 25.3. The van der Waals surface area contributed by atoms with Crippen LogP contribution in [0.5, 0.6) is 11.5 Å². The number of imidazole rings is 1. The Morgan fingerprint density at radius 1 is 1.05 bits per heavy atom. The Morgan fingerprint density at radius 3 is 2.38 bits per heavy atom. The van der Waals surface area contributed by atoms with Crippen molar-refractivity contribution in [3.63, 3.8) is 0 Å². The Bertz CT molecular complexity index is 1490. The highest BCUT2D eigenvalue weighted by atomic mass is 35.5. The predicted molar refractivity (Wildman–Crippen MR) is 168 cm³/mol. The molecule has 4 aromatic rings. The molecular weight excluding hydrogens is 542 g/mol. The van der Waals surface area contributed by atoms with Crippen molar-refractivity contribution in [2.75, 3.05) is 6.26 Å². The molecule has 210 valence electrons. The molecule has 0 spiro atoms. The minimum atomic E-state index is -1.24. The van der Waals surface area contributed by atoms with Gasteiger partial charge in [-0.05, 0) is 73.2 Å². The molecule has 4 rings (SSSR count). The molecule has 0 radical (unpaired) electrons. The molecule has 0 fully saturated rings. The van der Waals surface area contributed by atoms with Gasteiger partial charge in [-0.3, -0.25) is 9.00 Å². The normalized spacial score (nSPS) is 11.6. The molecule has 0 bridgehead atoms. The van der Waals surface area contributed by atoms with E-state index < -0.39 is 10.8 Å². The maximum Gasteiger partial charge on any atom is 0.259 e. The number of nitrogens with zero attached hydrogens (tertiary/aromatic N) is 2. The maximum atomic E-state index is 13.2. The summed E-state index contributed by atoms with van der Waals surface area (Å²) in [7, 11) is -1.24. The second-order valence-corrected chi connectivity index (χ2v) is 9.63. The number of carbonyl (C=O) groups excluding carboxylic acids is 1. The van der Waals surface area contributed by atoms with E-state index in [1.807, 2.05) is 69.6 Å². The first-order valence-electron chi connectivity index (χ1n) is 13.0. The molecule has 0 saturated carbocycles. The van der Waals surface area contributed by atoms with Crippen molar-refractivity contribution in [2.45, 2.75) is 39.5 Å². The Kier molecular flexibility index (Phi) is 13.1. The molecule has 6 nitrogen and oxygen atoms in total. The fourth-order valence-corrected chi connectivity index (χ4v) is 4.02. The van der Waals surface area contributed by atoms with Gasteiger partial charge in [-0.2, -0.15) is 0 Å². The number of halogens is 1. The molecule has 1 atom stereocenters. The second kappa shape index (κ2) is 16.2. The van der Waals surface area contributed by atoms with E-state index in [1.54, 1.807) is 66.9 Å². The van der Waals surface area contributed by atoms with Crippen molar-refractivity contribution in [3.05, 3.63) is 120 Å². The summed E-state index contributed by atoms with van der Waals surface area (Å²) in [5.41, 5.74) is 3.14. The average molecular weight is 578 g/mol. The van der Waals surface area contributed by atoms with Gasteiger partial charge in [-0.25, -0.2) is 4.98 Å². The topological polar surface area (TPSA) is 72.7 Å². The largest absolute Gasteiger partial charge is 0.456 e. The number of benzene rings is 2.